The van der Waals surface area contributed by atoms with Crippen molar-refractivity contribution >= 4 is 61.5 Å². The van der Waals surface area contributed by atoms with Crippen molar-refractivity contribution in [3.05, 3.63) is 86.1 Å². The predicted octanol–water partition coefficient (Wildman–Crippen LogP) is 5.32. The molecule has 0 atom stereocenters. The molecule has 3 aromatic rings. The molecule has 5 rings (SSSR count). The zero-order valence-corrected chi connectivity index (χ0v) is 21.4. The van der Waals surface area contributed by atoms with Crippen molar-refractivity contribution in [2.75, 3.05) is 11.7 Å². The maximum atomic E-state index is 13.2. The minimum absolute atomic E-state index is 0.0376. The SMILES string of the molecule is O=C1NC(=O)N(c2ccc3c(c2)OCO3)C(=O)/C1=C/c1cc(Br)c(OCc2ccc(F)cc2)c(Br)c1. The number of fused-ring (bicyclic) bond motifs is 1. The standard InChI is InChI=1S/C25H15Br2FN2O6/c26-18-8-14(9-19(27)22(18)34-11-13-1-3-15(28)4-2-13)7-17-23(31)29-25(33)30(24(17)32)16-5-6-20-21(10-16)36-12-35-20/h1-10H,11-12H2,(H,29,31,33)/b17-7+. The van der Waals surface area contributed by atoms with Crippen LogP contribution >= 0.6 is 31.9 Å². The van der Waals surface area contributed by atoms with Gasteiger partial charge in [0.05, 0.1) is 14.6 Å². The van der Waals surface area contributed by atoms with E-state index in [1.807, 2.05) is 0 Å². The first kappa shape index (κ1) is 24.0. The highest BCUT2D eigenvalue weighted by atomic mass is 79.9. The molecule has 0 unspecified atom stereocenters. The number of barbiturate groups is 1. The number of benzene rings is 3. The van der Waals surface area contributed by atoms with Crippen molar-refractivity contribution in [1.82, 2.24) is 5.32 Å². The Hall–Kier alpha value is -3.70. The summed E-state index contributed by atoms with van der Waals surface area (Å²) < 4.78 is 30.7. The molecule has 0 spiro atoms. The van der Waals surface area contributed by atoms with Gasteiger partial charge < -0.3 is 14.2 Å². The van der Waals surface area contributed by atoms with E-state index in [0.717, 1.165) is 10.5 Å². The van der Waals surface area contributed by atoms with Crippen molar-refractivity contribution in [2.45, 2.75) is 6.61 Å². The lowest BCUT2D eigenvalue weighted by molar-refractivity contribution is -0.122. The van der Waals surface area contributed by atoms with Crippen LogP contribution in [0.25, 0.3) is 6.08 Å². The Balaban J connectivity index is 1.40. The minimum Gasteiger partial charge on any atom is -0.487 e. The number of amides is 4. The topological polar surface area (TPSA) is 94.2 Å². The number of hydrogen-bond donors (Lipinski definition) is 1. The van der Waals surface area contributed by atoms with Gasteiger partial charge in [0.2, 0.25) is 6.79 Å². The van der Waals surface area contributed by atoms with Crippen LogP contribution in [0.5, 0.6) is 17.2 Å². The Morgan fingerprint density at radius 1 is 0.972 bits per heavy atom. The van der Waals surface area contributed by atoms with Crippen LogP contribution in [0, 0.1) is 5.82 Å². The molecule has 0 aromatic heterocycles. The molecule has 1 N–H and O–H groups in total. The Kier molecular flexibility index (Phi) is 6.50. The molecule has 2 aliphatic rings. The lowest BCUT2D eigenvalue weighted by Crippen LogP contribution is -2.54. The van der Waals surface area contributed by atoms with Gasteiger partial charge in [0.25, 0.3) is 11.8 Å². The van der Waals surface area contributed by atoms with Gasteiger partial charge in [0, 0.05) is 6.07 Å². The van der Waals surface area contributed by atoms with E-state index in [4.69, 9.17) is 14.2 Å². The van der Waals surface area contributed by atoms with Crippen LogP contribution in [0.3, 0.4) is 0 Å². The number of nitrogens with one attached hydrogen (secondary N) is 1. The first-order valence-corrected chi connectivity index (χ1v) is 12.1. The van der Waals surface area contributed by atoms with Crippen LogP contribution < -0.4 is 24.4 Å². The molecule has 182 valence electrons. The summed E-state index contributed by atoms with van der Waals surface area (Å²) in [6, 6.07) is 13.0. The van der Waals surface area contributed by atoms with Crippen LogP contribution in [-0.2, 0) is 16.2 Å². The molecule has 8 nitrogen and oxygen atoms in total. The third kappa shape index (κ3) is 4.71. The number of rotatable bonds is 5. The van der Waals surface area contributed by atoms with Crippen molar-refractivity contribution in [3.63, 3.8) is 0 Å². The number of nitrogens with zero attached hydrogens (tertiary/aromatic N) is 1. The van der Waals surface area contributed by atoms with Crippen molar-refractivity contribution in [1.29, 1.82) is 0 Å². The second-order valence-corrected chi connectivity index (χ2v) is 9.43. The first-order chi connectivity index (χ1) is 17.3. The average molecular weight is 618 g/mol. The molecule has 1 saturated heterocycles. The third-order valence-corrected chi connectivity index (χ3v) is 6.52. The highest BCUT2D eigenvalue weighted by Crippen LogP contribution is 2.38. The number of carbonyl (C=O) groups is 3. The molecule has 11 heteroatoms. The zero-order chi connectivity index (χ0) is 25.4. The molecular weight excluding hydrogens is 603 g/mol. The number of anilines is 1. The van der Waals surface area contributed by atoms with Gasteiger partial charge in [-0.2, -0.15) is 0 Å². The molecule has 3 aromatic carbocycles. The van der Waals surface area contributed by atoms with Crippen molar-refractivity contribution in [3.8, 4) is 17.2 Å². The largest absolute Gasteiger partial charge is 0.487 e. The highest BCUT2D eigenvalue weighted by Gasteiger charge is 2.37. The molecule has 2 aliphatic heterocycles. The Bertz CT molecular complexity index is 1420. The molecule has 0 bridgehead atoms. The molecule has 1 fully saturated rings. The lowest BCUT2D eigenvalue weighted by atomic mass is 10.1. The molecule has 4 amide bonds. The fraction of sp³-hybridized carbons (Fsp3) is 0.0800. The molecule has 36 heavy (non-hydrogen) atoms. The van der Waals surface area contributed by atoms with E-state index in [9.17, 15) is 18.8 Å². The Morgan fingerprint density at radius 3 is 2.39 bits per heavy atom. The molecule has 0 saturated carbocycles. The zero-order valence-electron chi connectivity index (χ0n) is 18.2. The fourth-order valence-electron chi connectivity index (χ4n) is 3.62. The van der Waals surface area contributed by atoms with E-state index in [2.05, 4.69) is 37.2 Å². The maximum absolute atomic E-state index is 13.2. The van der Waals surface area contributed by atoms with Gasteiger partial charge >= 0.3 is 6.03 Å². The second-order valence-electron chi connectivity index (χ2n) is 7.72. The smallest absolute Gasteiger partial charge is 0.335 e. The number of ether oxygens (including phenoxy) is 3. The van der Waals surface area contributed by atoms with Crippen LogP contribution in [-0.4, -0.2) is 24.6 Å². The van der Waals surface area contributed by atoms with Gasteiger partial charge in [-0.1, -0.05) is 12.1 Å². The summed E-state index contributed by atoms with van der Waals surface area (Å²) >= 11 is 6.89. The highest BCUT2D eigenvalue weighted by molar-refractivity contribution is 9.11. The normalized spacial score (nSPS) is 15.9. The van der Waals surface area contributed by atoms with Crippen LogP contribution in [0.1, 0.15) is 11.1 Å². The summed E-state index contributed by atoms with van der Waals surface area (Å²) in [5, 5.41) is 2.19. The van der Waals surface area contributed by atoms with E-state index in [-0.39, 0.29) is 30.5 Å². The predicted molar refractivity (Wildman–Crippen MR) is 134 cm³/mol. The van der Waals surface area contributed by atoms with Crippen molar-refractivity contribution in [2.24, 2.45) is 0 Å². The van der Waals surface area contributed by atoms with Crippen molar-refractivity contribution < 1.29 is 33.0 Å². The number of imide groups is 2. The molecular formula is C25H15Br2FN2O6. The number of urea groups is 1. The van der Waals surface area contributed by atoms with Crippen LogP contribution in [0.15, 0.2) is 69.1 Å². The lowest BCUT2D eigenvalue weighted by Gasteiger charge is -2.26. The summed E-state index contributed by atoms with van der Waals surface area (Å²) in [7, 11) is 0. The number of hydrogen-bond acceptors (Lipinski definition) is 6. The minimum atomic E-state index is -0.868. The van der Waals surface area contributed by atoms with E-state index in [1.54, 1.807) is 30.3 Å². The molecule has 0 radical (unpaired) electrons. The van der Waals surface area contributed by atoms with E-state index in [1.165, 1.54) is 30.3 Å². The van der Waals surface area contributed by atoms with Crippen LogP contribution in [0.2, 0.25) is 0 Å². The molecule has 2 heterocycles. The van der Waals surface area contributed by atoms with Gasteiger partial charge in [0.15, 0.2) is 11.5 Å². The average Bonchev–Trinajstić information content (AvgIpc) is 3.30. The van der Waals surface area contributed by atoms with Gasteiger partial charge in [-0.15, -0.1) is 0 Å². The number of carbonyl (C=O) groups excluding carboxylic acids is 3. The summed E-state index contributed by atoms with van der Waals surface area (Å²) in [5.74, 6) is -0.569. The maximum Gasteiger partial charge on any atom is 0.335 e. The van der Waals surface area contributed by atoms with Gasteiger partial charge in [0.1, 0.15) is 23.7 Å². The Morgan fingerprint density at radius 2 is 1.67 bits per heavy atom. The third-order valence-electron chi connectivity index (χ3n) is 5.34. The Labute approximate surface area is 220 Å². The summed E-state index contributed by atoms with van der Waals surface area (Å²) in [5.41, 5.74) is 1.28. The van der Waals surface area contributed by atoms with Gasteiger partial charge in [-0.25, -0.2) is 14.1 Å². The summed E-state index contributed by atoms with van der Waals surface area (Å²) in [6.45, 7) is 0.237. The van der Waals surface area contributed by atoms with Crippen LogP contribution in [0.4, 0.5) is 14.9 Å². The second kappa shape index (κ2) is 9.75. The first-order valence-electron chi connectivity index (χ1n) is 10.5. The quantitative estimate of drug-likeness (QED) is 0.307. The summed E-state index contributed by atoms with van der Waals surface area (Å²) in [6.07, 6.45) is 1.38. The van der Waals surface area contributed by atoms with E-state index in [0.29, 0.717) is 31.8 Å². The van der Waals surface area contributed by atoms with E-state index < -0.39 is 17.8 Å². The van der Waals surface area contributed by atoms with Gasteiger partial charge in [-0.3, -0.25) is 14.9 Å². The van der Waals surface area contributed by atoms with E-state index >= 15 is 0 Å². The fourth-order valence-corrected chi connectivity index (χ4v) is 5.07. The van der Waals surface area contributed by atoms with Gasteiger partial charge in [-0.05, 0) is 85.5 Å². The summed E-state index contributed by atoms with van der Waals surface area (Å²) in [4.78, 5) is 39.1. The monoisotopic (exact) mass is 616 g/mol. The molecule has 0 aliphatic carbocycles. The number of halogens is 3.